The van der Waals surface area contributed by atoms with Crippen LogP contribution in [-0.4, -0.2) is 54.7 Å². The van der Waals surface area contributed by atoms with Crippen LogP contribution >= 0.6 is 0 Å². The number of aromatic nitrogens is 4. The monoisotopic (exact) mass is 413 g/mol. The van der Waals surface area contributed by atoms with Gasteiger partial charge in [0.15, 0.2) is 0 Å². The fourth-order valence-corrected chi connectivity index (χ4v) is 3.38. The van der Waals surface area contributed by atoms with Gasteiger partial charge in [-0.05, 0) is 32.1 Å². The molecule has 0 saturated carbocycles. The minimum Gasteiger partial charge on any atom is -0.309 e. The molecule has 160 valence electrons. The van der Waals surface area contributed by atoms with Crippen molar-refractivity contribution >= 4 is 28.6 Å². The first-order valence-electron chi connectivity index (χ1n) is 10.1. The Bertz CT molecular complexity index is 1040. The van der Waals surface area contributed by atoms with E-state index in [9.17, 15) is 14.9 Å². The van der Waals surface area contributed by atoms with Crippen LogP contribution in [0.5, 0.6) is 0 Å². The second-order valence-corrected chi connectivity index (χ2v) is 7.02. The predicted octanol–water partition coefficient (Wildman–Crippen LogP) is 2.82. The van der Waals surface area contributed by atoms with E-state index >= 15 is 0 Å². The Labute approximate surface area is 174 Å². The molecule has 1 amide bonds. The topological polar surface area (TPSA) is 111 Å². The molecule has 10 heteroatoms. The van der Waals surface area contributed by atoms with E-state index in [-0.39, 0.29) is 24.6 Å². The lowest BCUT2D eigenvalue weighted by atomic mass is 10.3. The van der Waals surface area contributed by atoms with Crippen LogP contribution < -0.4 is 5.32 Å². The Balaban J connectivity index is 1.71. The fraction of sp³-hybridized carbons (Fsp3) is 0.450. The smallest absolute Gasteiger partial charge is 0.309 e. The van der Waals surface area contributed by atoms with Gasteiger partial charge in [0.25, 0.3) is 0 Å². The molecule has 0 fully saturated rings. The maximum Gasteiger partial charge on any atom is 0.309 e. The highest BCUT2D eigenvalue weighted by Gasteiger charge is 2.17. The SMILES string of the molecule is CCN(CC)CCn1c(NC(=O)CCn2cc([N+](=O)[O-])c(C)n2)nc2ccccc21. The molecule has 2 aromatic heterocycles. The Hall–Kier alpha value is -3.27. The number of aryl methyl sites for hydroxylation is 2. The zero-order chi connectivity index (χ0) is 21.7. The summed E-state index contributed by atoms with van der Waals surface area (Å²) >= 11 is 0. The second kappa shape index (κ2) is 9.49. The molecular formula is C20H27N7O3. The lowest BCUT2D eigenvalue weighted by Gasteiger charge is -2.19. The average molecular weight is 413 g/mol. The summed E-state index contributed by atoms with van der Waals surface area (Å²) in [5.74, 6) is 0.293. The van der Waals surface area contributed by atoms with Gasteiger partial charge >= 0.3 is 5.69 Å². The van der Waals surface area contributed by atoms with E-state index in [2.05, 4.69) is 34.1 Å². The molecule has 0 aliphatic rings. The van der Waals surface area contributed by atoms with Gasteiger partial charge in [0, 0.05) is 26.1 Å². The van der Waals surface area contributed by atoms with Gasteiger partial charge < -0.3 is 9.47 Å². The summed E-state index contributed by atoms with van der Waals surface area (Å²) in [7, 11) is 0. The van der Waals surface area contributed by atoms with Crippen molar-refractivity contribution in [2.24, 2.45) is 0 Å². The van der Waals surface area contributed by atoms with Crippen LogP contribution in [0.2, 0.25) is 0 Å². The molecule has 0 saturated heterocycles. The van der Waals surface area contributed by atoms with Gasteiger partial charge in [-0.15, -0.1) is 0 Å². The standard InChI is InChI=1S/C20H27N7O3/c1-4-24(5-2)12-13-26-17-9-7-6-8-16(17)21-20(26)22-19(28)10-11-25-14-18(27(29)30)15(3)23-25/h6-9,14H,4-5,10-13H2,1-3H3,(H,21,22,28). The molecule has 0 bridgehead atoms. The number of nitrogens with one attached hydrogen (secondary N) is 1. The molecule has 0 aliphatic carbocycles. The molecule has 0 unspecified atom stereocenters. The summed E-state index contributed by atoms with van der Waals surface area (Å²) < 4.78 is 3.45. The van der Waals surface area contributed by atoms with Crippen LogP contribution in [0, 0.1) is 17.0 Å². The summed E-state index contributed by atoms with van der Waals surface area (Å²) in [5, 5.41) is 17.9. The van der Waals surface area contributed by atoms with Gasteiger partial charge in [-0.25, -0.2) is 4.98 Å². The lowest BCUT2D eigenvalue weighted by molar-refractivity contribution is -0.385. The molecule has 10 nitrogen and oxygen atoms in total. The first-order valence-corrected chi connectivity index (χ1v) is 10.1. The summed E-state index contributed by atoms with van der Waals surface area (Å²) in [5.41, 5.74) is 2.08. The van der Waals surface area contributed by atoms with Crippen molar-refractivity contribution in [1.82, 2.24) is 24.2 Å². The van der Waals surface area contributed by atoms with Crippen molar-refractivity contribution in [3.05, 3.63) is 46.3 Å². The number of fused-ring (bicyclic) bond motifs is 1. The number of nitro groups is 1. The normalized spacial score (nSPS) is 11.3. The minimum atomic E-state index is -0.475. The summed E-state index contributed by atoms with van der Waals surface area (Å²) in [6, 6.07) is 7.79. The number of hydrogen-bond donors (Lipinski definition) is 1. The molecule has 0 radical (unpaired) electrons. The minimum absolute atomic E-state index is 0.0476. The first-order chi connectivity index (χ1) is 14.4. The van der Waals surface area contributed by atoms with E-state index in [4.69, 9.17) is 0 Å². The van der Waals surface area contributed by atoms with Gasteiger partial charge in [-0.3, -0.25) is 24.9 Å². The Kier molecular flexibility index (Phi) is 6.78. The van der Waals surface area contributed by atoms with Gasteiger partial charge in [0.2, 0.25) is 11.9 Å². The van der Waals surface area contributed by atoms with Gasteiger partial charge in [0.05, 0.1) is 16.0 Å². The van der Waals surface area contributed by atoms with E-state index in [0.29, 0.717) is 18.2 Å². The van der Waals surface area contributed by atoms with Crippen molar-refractivity contribution in [1.29, 1.82) is 0 Å². The highest BCUT2D eigenvalue weighted by Crippen LogP contribution is 2.20. The fourth-order valence-electron chi connectivity index (χ4n) is 3.38. The van der Waals surface area contributed by atoms with Crippen LogP contribution in [0.3, 0.4) is 0 Å². The number of amides is 1. The number of nitrogens with zero attached hydrogens (tertiary/aromatic N) is 6. The number of carbonyl (C=O) groups is 1. The van der Waals surface area contributed by atoms with Crippen LogP contribution in [0.25, 0.3) is 11.0 Å². The summed E-state index contributed by atoms with van der Waals surface area (Å²) in [4.78, 5) is 29.9. The maximum absolute atomic E-state index is 12.5. The highest BCUT2D eigenvalue weighted by atomic mass is 16.6. The van der Waals surface area contributed by atoms with E-state index < -0.39 is 4.92 Å². The number of carbonyl (C=O) groups excluding carboxylic acids is 1. The number of hydrogen-bond acceptors (Lipinski definition) is 6. The third-order valence-electron chi connectivity index (χ3n) is 5.13. The number of anilines is 1. The number of imidazole rings is 1. The number of likely N-dealkylation sites (N-methyl/N-ethyl adjacent to an activating group) is 1. The van der Waals surface area contributed by atoms with Crippen molar-refractivity contribution < 1.29 is 9.72 Å². The number of benzene rings is 1. The summed E-state index contributed by atoms with van der Waals surface area (Å²) in [6.07, 6.45) is 1.49. The molecule has 1 N–H and O–H groups in total. The van der Waals surface area contributed by atoms with Gasteiger partial charge in [0.1, 0.15) is 11.9 Å². The molecule has 3 aromatic rings. The Morgan fingerprint density at radius 1 is 1.23 bits per heavy atom. The summed E-state index contributed by atoms with van der Waals surface area (Å²) in [6.45, 7) is 9.56. The van der Waals surface area contributed by atoms with Gasteiger partial charge in [-0.1, -0.05) is 26.0 Å². The maximum atomic E-state index is 12.5. The van der Waals surface area contributed by atoms with Crippen molar-refractivity contribution in [3.63, 3.8) is 0 Å². The highest BCUT2D eigenvalue weighted by molar-refractivity contribution is 5.91. The van der Waals surface area contributed by atoms with E-state index in [1.807, 2.05) is 28.8 Å². The second-order valence-electron chi connectivity index (χ2n) is 7.02. The third-order valence-corrected chi connectivity index (χ3v) is 5.13. The zero-order valence-electron chi connectivity index (χ0n) is 17.5. The Morgan fingerprint density at radius 3 is 2.63 bits per heavy atom. The van der Waals surface area contributed by atoms with E-state index in [1.54, 1.807) is 6.92 Å². The van der Waals surface area contributed by atoms with Crippen molar-refractivity contribution in [2.45, 2.75) is 40.3 Å². The first kappa shape index (κ1) is 21.4. The molecule has 3 rings (SSSR count). The van der Waals surface area contributed by atoms with Crippen molar-refractivity contribution in [2.75, 3.05) is 25.0 Å². The molecule has 2 heterocycles. The largest absolute Gasteiger partial charge is 0.309 e. The van der Waals surface area contributed by atoms with Crippen LogP contribution in [0.15, 0.2) is 30.5 Å². The van der Waals surface area contributed by atoms with E-state index in [1.165, 1.54) is 10.9 Å². The lowest BCUT2D eigenvalue weighted by Crippen LogP contribution is -2.27. The average Bonchev–Trinajstić information content (AvgIpc) is 3.27. The molecule has 0 spiro atoms. The van der Waals surface area contributed by atoms with E-state index in [0.717, 1.165) is 30.7 Å². The zero-order valence-corrected chi connectivity index (χ0v) is 17.5. The van der Waals surface area contributed by atoms with Crippen molar-refractivity contribution in [3.8, 4) is 0 Å². The predicted molar refractivity (Wildman–Crippen MR) is 114 cm³/mol. The Morgan fingerprint density at radius 2 is 1.97 bits per heavy atom. The number of rotatable bonds is 10. The van der Waals surface area contributed by atoms with Crippen LogP contribution in [0.1, 0.15) is 26.0 Å². The third kappa shape index (κ3) is 4.82. The quantitative estimate of drug-likeness (QED) is 0.404. The molecule has 1 aromatic carbocycles. The van der Waals surface area contributed by atoms with Crippen LogP contribution in [0.4, 0.5) is 11.6 Å². The van der Waals surface area contributed by atoms with Crippen LogP contribution in [-0.2, 0) is 17.9 Å². The molecule has 30 heavy (non-hydrogen) atoms. The number of para-hydroxylation sites is 2. The van der Waals surface area contributed by atoms with Gasteiger partial charge in [-0.2, -0.15) is 5.10 Å². The molecule has 0 atom stereocenters. The molecular weight excluding hydrogens is 386 g/mol. The molecule has 0 aliphatic heterocycles.